The van der Waals surface area contributed by atoms with Crippen molar-refractivity contribution in [3.8, 4) is 0 Å². The molecule has 1 amide bonds. The third-order valence-corrected chi connectivity index (χ3v) is 1.13. The molecule has 0 aromatic heterocycles. The minimum atomic E-state index is -0.410. The summed E-state index contributed by atoms with van der Waals surface area (Å²) < 4.78 is 5.00. The normalized spacial score (nSPS) is 11.2. The Bertz CT molecular complexity index is 173. The summed E-state index contributed by atoms with van der Waals surface area (Å²) in [5.74, 6) is -0.410. The second-order valence-corrected chi connectivity index (χ2v) is 2.08. The van der Waals surface area contributed by atoms with Crippen LogP contribution in [0.2, 0.25) is 0 Å². The maximum absolute atomic E-state index is 10.4. The van der Waals surface area contributed by atoms with E-state index < -0.39 is 5.91 Å². The van der Waals surface area contributed by atoms with Crippen LogP contribution in [0.15, 0.2) is 24.3 Å². The third-order valence-electron chi connectivity index (χ3n) is 1.13. The van der Waals surface area contributed by atoms with Crippen LogP contribution in [-0.2, 0) is 9.53 Å². The highest BCUT2D eigenvalue weighted by Gasteiger charge is 1.94. The van der Waals surface area contributed by atoms with Crippen LogP contribution >= 0.6 is 0 Å². The van der Waals surface area contributed by atoms with E-state index >= 15 is 0 Å². The number of carbonyl (C=O) groups excluding carboxylic acids is 1. The number of carbonyl (C=O) groups is 1. The van der Waals surface area contributed by atoms with Gasteiger partial charge in [0.2, 0.25) is 5.91 Å². The fraction of sp³-hybridized carbons (Fsp3) is 0.375. The molecule has 0 spiro atoms. The summed E-state index contributed by atoms with van der Waals surface area (Å²) in [6, 6.07) is 0. The van der Waals surface area contributed by atoms with E-state index in [0.717, 1.165) is 0 Å². The minimum absolute atomic E-state index is 0.404. The molecule has 0 rings (SSSR count). The Kier molecular flexibility index (Phi) is 5.11. The van der Waals surface area contributed by atoms with E-state index in [9.17, 15) is 4.79 Å². The molecule has 0 fully saturated rings. The van der Waals surface area contributed by atoms with Crippen molar-refractivity contribution in [1.82, 2.24) is 0 Å². The molecule has 0 saturated carbocycles. The summed E-state index contributed by atoms with van der Waals surface area (Å²) in [5, 5.41) is 0. The predicted octanol–water partition coefficient (Wildman–Crippen LogP) is 0.621. The van der Waals surface area contributed by atoms with Gasteiger partial charge in [0.05, 0.1) is 13.2 Å². The third kappa shape index (κ3) is 5.36. The maximum Gasteiger partial charge on any atom is 0.244 e. The summed E-state index contributed by atoms with van der Waals surface area (Å²) in [5.41, 5.74) is 5.49. The summed E-state index contributed by atoms with van der Waals surface area (Å²) in [6.45, 7) is 6.02. The Balaban J connectivity index is 3.56. The molecule has 0 heterocycles. The molecule has 0 saturated heterocycles. The van der Waals surface area contributed by atoms with Crippen LogP contribution in [-0.4, -0.2) is 19.1 Å². The van der Waals surface area contributed by atoms with Crippen molar-refractivity contribution in [2.45, 2.75) is 6.92 Å². The average Bonchev–Trinajstić information content (AvgIpc) is 1.97. The van der Waals surface area contributed by atoms with Crippen LogP contribution < -0.4 is 5.73 Å². The highest BCUT2D eigenvalue weighted by Crippen LogP contribution is 1.89. The molecule has 0 radical (unpaired) electrons. The summed E-state index contributed by atoms with van der Waals surface area (Å²) >= 11 is 0. The Morgan fingerprint density at radius 3 is 2.73 bits per heavy atom. The standard InChI is InChI=1S/C8H13NO2/c1-3-5-11-6-4-7(2)8(9)10/h3-4H,1,5-6H2,2H3,(H2,9,10). The van der Waals surface area contributed by atoms with E-state index in [-0.39, 0.29) is 0 Å². The fourth-order valence-electron chi connectivity index (χ4n) is 0.436. The fourth-order valence-corrected chi connectivity index (χ4v) is 0.436. The number of hydrogen-bond acceptors (Lipinski definition) is 2. The first-order valence-corrected chi connectivity index (χ1v) is 3.33. The molecule has 3 heteroatoms. The summed E-state index contributed by atoms with van der Waals surface area (Å²) in [7, 11) is 0. The smallest absolute Gasteiger partial charge is 0.244 e. The van der Waals surface area contributed by atoms with Crippen LogP contribution in [0.5, 0.6) is 0 Å². The van der Waals surface area contributed by atoms with Crippen molar-refractivity contribution in [3.63, 3.8) is 0 Å². The van der Waals surface area contributed by atoms with Gasteiger partial charge in [-0.05, 0) is 6.92 Å². The van der Waals surface area contributed by atoms with Gasteiger partial charge in [-0.2, -0.15) is 0 Å². The Hall–Kier alpha value is -1.09. The van der Waals surface area contributed by atoms with Gasteiger partial charge < -0.3 is 10.5 Å². The Morgan fingerprint density at radius 2 is 2.27 bits per heavy atom. The number of nitrogens with two attached hydrogens (primary N) is 1. The zero-order valence-corrected chi connectivity index (χ0v) is 6.67. The van der Waals surface area contributed by atoms with E-state index in [4.69, 9.17) is 10.5 Å². The first-order chi connectivity index (χ1) is 5.18. The molecular formula is C8H13NO2. The monoisotopic (exact) mass is 155 g/mol. The van der Waals surface area contributed by atoms with E-state index in [1.165, 1.54) is 0 Å². The van der Waals surface area contributed by atoms with Gasteiger partial charge >= 0.3 is 0 Å². The molecule has 0 bridgehead atoms. The number of hydrogen-bond donors (Lipinski definition) is 1. The van der Waals surface area contributed by atoms with Crippen molar-refractivity contribution in [2.75, 3.05) is 13.2 Å². The van der Waals surface area contributed by atoms with Gasteiger partial charge in [0.25, 0.3) is 0 Å². The summed E-state index contributed by atoms with van der Waals surface area (Å²) in [4.78, 5) is 10.4. The van der Waals surface area contributed by atoms with Gasteiger partial charge in [0.1, 0.15) is 0 Å². The molecule has 0 aliphatic rings. The van der Waals surface area contributed by atoms with Crippen molar-refractivity contribution in [1.29, 1.82) is 0 Å². The quantitative estimate of drug-likeness (QED) is 0.359. The van der Waals surface area contributed by atoms with Crippen molar-refractivity contribution in [2.24, 2.45) is 5.73 Å². The maximum atomic E-state index is 10.4. The molecule has 0 atom stereocenters. The average molecular weight is 155 g/mol. The number of ether oxygens (including phenoxy) is 1. The van der Waals surface area contributed by atoms with Crippen molar-refractivity contribution in [3.05, 3.63) is 24.3 Å². The van der Waals surface area contributed by atoms with Gasteiger partial charge in [-0.15, -0.1) is 6.58 Å². The van der Waals surface area contributed by atoms with Gasteiger partial charge in [-0.3, -0.25) is 4.79 Å². The molecule has 11 heavy (non-hydrogen) atoms. The zero-order chi connectivity index (χ0) is 8.69. The van der Waals surface area contributed by atoms with Crippen molar-refractivity contribution >= 4 is 5.91 Å². The highest BCUT2D eigenvalue weighted by atomic mass is 16.5. The van der Waals surface area contributed by atoms with E-state index in [1.54, 1.807) is 19.1 Å². The lowest BCUT2D eigenvalue weighted by Gasteiger charge is -1.95. The molecule has 0 aliphatic heterocycles. The highest BCUT2D eigenvalue weighted by molar-refractivity contribution is 5.91. The topological polar surface area (TPSA) is 52.3 Å². The van der Waals surface area contributed by atoms with Crippen LogP contribution in [0.1, 0.15) is 6.92 Å². The molecule has 2 N–H and O–H groups in total. The molecule has 3 nitrogen and oxygen atoms in total. The van der Waals surface area contributed by atoms with E-state index in [1.807, 2.05) is 0 Å². The lowest BCUT2D eigenvalue weighted by Crippen LogP contribution is -2.12. The lowest BCUT2D eigenvalue weighted by molar-refractivity contribution is -0.114. The first-order valence-electron chi connectivity index (χ1n) is 3.33. The molecule has 0 aliphatic carbocycles. The predicted molar refractivity (Wildman–Crippen MR) is 44.0 cm³/mol. The van der Waals surface area contributed by atoms with Crippen LogP contribution in [0.4, 0.5) is 0 Å². The number of amides is 1. The molecule has 0 unspecified atom stereocenters. The van der Waals surface area contributed by atoms with Crippen molar-refractivity contribution < 1.29 is 9.53 Å². The zero-order valence-electron chi connectivity index (χ0n) is 6.67. The van der Waals surface area contributed by atoms with E-state index in [2.05, 4.69) is 6.58 Å². The minimum Gasteiger partial charge on any atom is -0.373 e. The van der Waals surface area contributed by atoms with Gasteiger partial charge in [-0.25, -0.2) is 0 Å². The largest absolute Gasteiger partial charge is 0.373 e. The molecule has 62 valence electrons. The molecular weight excluding hydrogens is 142 g/mol. The van der Waals surface area contributed by atoms with Crippen LogP contribution in [0.3, 0.4) is 0 Å². The Morgan fingerprint density at radius 1 is 1.64 bits per heavy atom. The van der Waals surface area contributed by atoms with Gasteiger partial charge in [-0.1, -0.05) is 12.2 Å². The van der Waals surface area contributed by atoms with Gasteiger partial charge in [0, 0.05) is 5.57 Å². The number of rotatable bonds is 5. The second kappa shape index (κ2) is 5.68. The Labute approximate surface area is 66.5 Å². The van der Waals surface area contributed by atoms with E-state index in [0.29, 0.717) is 18.8 Å². The lowest BCUT2D eigenvalue weighted by atomic mass is 10.3. The molecule has 0 aromatic carbocycles. The molecule has 0 aromatic rings. The second-order valence-electron chi connectivity index (χ2n) is 2.08. The van der Waals surface area contributed by atoms with Gasteiger partial charge in [0.15, 0.2) is 0 Å². The number of primary amides is 1. The SMILES string of the molecule is C=CCOCC=C(C)C(N)=O. The van der Waals surface area contributed by atoms with Crippen LogP contribution in [0, 0.1) is 0 Å². The van der Waals surface area contributed by atoms with Crippen LogP contribution in [0.25, 0.3) is 0 Å². The first kappa shape index (κ1) is 9.91. The summed E-state index contributed by atoms with van der Waals surface area (Å²) in [6.07, 6.45) is 3.29.